The van der Waals surface area contributed by atoms with E-state index in [1.54, 1.807) is 0 Å². The second-order valence-corrected chi connectivity index (χ2v) is 7.55. The van der Waals surface area contributed by atoms with Gasteiger partial charge in [-0.2, -0.15) is 0 Å². The summed E-state index contributed by atoms with van der Waals surface area (Å²) < 4.78 is 14.7. The van der Waals surface area contributed by atoms with Crippen molar-refractivity contribution in [2.24, 2.45) is 10.8 Å². The van der Waals surface area contributed by atoms with E-state index in [-0.39, 0.29) is 5.41 Å². The molecule has 1 aliphatic rings. The van der Waals surface area contributed by atoms with Crippen molar-refractivity contribution < 1.29 is 4.39 Å². The van der Waals surface area contributed by atoms with Gasteiger partial charge in [-0.1, -0.05) is 41.5 Å². The Labute approximate surface area is 100 Å². The third kappa shape index (κ3) is 3.44. The first kappa shape index (κ1) is 14.0. The van der Waals surface area contributed by atoms with Crippen LogP contribution >= 0.6 is 0 Å². The van der Waals surface area contributed by atoms with Gasteiger partial charge in [-0.15, -0.1) is 0 Å². The SMILES string of the molecule is CC(C)(C)CN1CCC(F)(C(C)(C)C)CC1. The minimum atomic E-state index is -0.971. The van der Waals surface area contributed by atoms with Crippen LogP contribution in [0.5, 0.6) is 0 Å². The molecule has 1 fully saturated rings. The summed E-state index contributed by atoms with van der Waals surface area (Å²) in [7, 11) is 0. The van der Waals surface area contributed by atoms with Crippen LogP contribution < -0.4 is 0 Å². The molecule has 0 aromatic carbocycles. The van der Waals surface area contributed by atoms with Crippen LogP contribution in [0.4, 0.5) is 4.39 Å². The molecule has 0 amide bonds. The Balaban J connectivity index is 2.52. The lowest BCUT2D eigenvalue weighted by Gasteiger charge is -2.45. The molecule has 0 spiro atoms. The first-order valence-electron chi connectivity index (χ1n) is 6.45. The molecule has 0 N–H and O–H groups in total. The molecule has 16 heavy (non-hydrogen) atoms. The van der Waals surface area contributed by atoms with E-state index in [0.717, 1.165) is 19.6 Å². The van der Waals surface area contributed by atoms with Gasteiger partial charge in [0.05, 0.1) is 0 Å². The zero-order valence-corrected chi connectivity index (χ0v) is 11.9. The number of alkyl halides is 1. The molecule has 96 valence electrons. The van der Waals surface area contributed by atoms with Gasteiger partial charge in [0.25, 0.3) is 0 Å². The van der Waals surface area contributed by atoms with Crippen molar-refractivity contribution in [3.8, 4) is 0 Å². The fraction of sp³-hybridized carbons (Fsp3) is 1.00. The van der Waals surface area contributed by atoms with Crippen molar-refractivity contribution in [3.05, 3.63) is 0 Å². The summed E-state index contributed by atoms with van der Waals surface area (Å²) in [6, 6.07) is 0. The van der Waals surface area contributed by atoms with Crippen molar-refractivity contribution in [3.63, 3.8) is 0 Å². The molecule has 1 nitrogen and oxygen atoms in total. The van der Waals surface area contributed by atoms with E-state index in [1.165, 1.54) is 0 Å². The van der Waals surface area contributed by atoms with Crippen LogP contribution in [0.1, 0.15) is 54.4 Å². The standard InChI is InChI=1S/C14H28FN/c1-12(2,3)11-16-9-7-14(15,8-10-16)13(4,5)6/h7-11H2,1-6H3. The minimum Gasteiger partial charge on any atom is -0.303 e. The number of nitrogens with zero attached hydrogens (tertiary/aromatic N) is 1. The Hall–Kier alpha value is -0.110. The molecule has 0 aromatic heterocycles. The van der Waals surface area contributed by atoms with Crippen LogP contribution in [0, 0.1) is 10.8 Å². The van der Waals surface area contributed by atoms with Crippen molar-refractivity contribution >= 4 is 0 Å². The van der Waals surface area contributed by atoms with Gasteiger partial charge in [-0.05, 0) is 23.7 Å². The molecule has 0 aliphatic carbocycles. The lowest BCUT2D eigenvalue weighted by atomic mass is 9.72. The molecular formula is C14H28FN. The molecular weight excluding hydrogens is 201 g/mol. The normalized spacial score (nSPS) is 23.4. The molecule has 0 unspecified atom stereocenters. The van der Waals surface area contributed by atoms with E-state index in [0.29, 0.717) is 18.3 Å². The Morgan fingerprint density at radius 3 is 1.75 bits per heavy atom. The largest absolute Gasteiger partial charge is 0.303 e. The molecule has 2 heteroatoms. The van der Waals surface area contributed by atoms with Gasteiger partial charge < -0.3 is 4.90 Å². The summed E-state index contributed by atoms with van der Waals surface area (Å²) in [5.74, 6) is 0. The molecule has 1 aliphatic heterocycles. The van der Waals surface area contributed by atoms with Gasteiger partial charge in [-0.25, -0.2) is 4.39 Å². The summed E-state index contributed by atoms with van der Waals surface area (Å²) in [6.45, 7) is 15.7. The third-order valence-electron chi connectivity index (χ3n) is 3.69. The van der Waals surface area contributed by atoms with Crippen LogP contribution in [0.2, 0.25) is 0 Å². The lowest BCUT2D eigenvalue weighted by Crippen LogP contribution is -2.50. The summed E-state index contributed by atoms with van der Waals surface area (Å²) in [6.07, 6.45) is 1.37. The molecule has 1 saturated heterocycles. The number of hydrogen-bond donors (Lipinski definition) is 0. The summed E-state index contributed by atoms with van der Waals surface area (Å²) in [5.41, 5.74) is -0.875. The second-order valence-electron chi connectivity index (χ2n) is 7.55. The Morgan fingerprint density at radius 1 is 1.00 bits per heavy atom. The highest BCUT2D eigenvalue weighted by atomic mass is 19.1. The number of hydrogen-bond acceptors (Lipinski definition) is 1. The number of halogens is 1. The predicted molar refractivity (Wildman–Crippen MR) is 68.4 cm³/mol. The Kier molecular flexibility index (Phi) is 3.74. The van der Waals surface area contributed by atoms with Crippen LogP contribution in [0.3, 0.4) is 0 Å². The fourth-order valence-corrected chi connectivity index (χ4v) is 2.49. The zero-order valence-electron chi connectivity index (χ0n) is 11.9. The number of piperidine rings is 1. The number of likely N-dealkylation sites (tertiary alicyclic amines) is 1. The molecule has 1 rings (SSSR count). The van der Waals surface area contributed by atoms with Gasteiger partial charge in [0.1, 0.15) is 5.67 Å². The van der Waals surface area contributed by atoms with E-state index < -0.39 is 5.67 Å². The summed E-state index contributed by atoms with van der Waals surface area (Å²) in [4.78, 5) is 2.41. The summed E-state index contributed by atoms with van der Waals surface area (Å²) >= 11 is 0. The maximum atomic E-state index is 14.7. The topological polar surface area (TPSA) is 3.24 Å². The van der Waals surface area contributed by atoms with Crippen molar-refractivity contribution in [2.75, 3.05) is 19.6 Å². The average molecular weight is 229 g/mol. The van der Waals surface area contributed by atoms with Crippen LogP contribution in [0.25, 0.3) is 0 Å². The van der Waals surface area contributed by atoms with Gasteiger partial charge in [-0.3, -0.25) is 0 Å². The smallest absolute Gasteiger partial charge is 0.118 e. The van der Waals surface area contributed by atoms with E-state index in [9.17, 15) is 4.39 Å². The first-order chi connectivity index (χ1) is 7.04. The molecule has 0 radical (unpaired) electrons. The molecule has 0 aromatic rings. The van der Waals surface area contributed by atoms with E-state index >= 15 is 0 Å². The Bertz CT molecular complexity index is 226. The Morgan fingerprint density at radius 2 is 1.44 bits per heavy atom. The molecule has 0 atom stereocenters. The predicted octanol–water partition coefficient (Wildman–Crippen LogP) is 3.88. The summed E-state index contributed by atoms with van der Waals surface area (Å²) in [5, 5.41) is 0. The van der Waals surface area contributed by atoms with Gasteiger partial charge in [0, 0.05) is 19.6 Å². The maximum absolute atomic E-state index is 14.7. The highest BCUT2D eigenvalue weighted by Crippen LogP contribution is 2.42. The molecule has 0 saturated carbocycles. The highest BCUT2D eigenvalue weighted by Gasteiger charge is 2.44. The second kappa shape index (κ2) is 4.29. The molecule has 1 heterocycles. The monoisotopic (exact) mass is 229 g/mol. The van der Waals surface area contributed by atoms with Crippen molar-refractivity contribution in [1.82, 2.24) is 4.90 Å². The minimum absolute atomic E-state index is 0.221. The van der Waals surface area contributed by atoms with E-state index in [4.69, 9.17) is 0 Å². The lowest BCUT2D eigenvalue weighted by molar-refractivity contribution is -0.0348. The highest BCUT2D eigenvalue weighted by molar-refractivity contribution is 4.95. The first-order valence-corrected chi connectivity index (χ1v) is 6.45. The van der Waals surface area contributed by atoms with Crippen molar-refractivity contribution in [1.29, 1.82) is 0 Å². The van der Waals surface area contributed by atoms with Gasteiger partial charge >= 0.3 is 0 Å². The van der Waals surface area contributed by atoms with Crippen LogP contribution in [-0.4, -0.2) is 30.2 Å². The van der Waals surface area contributed by atoms with Gasteiger partial charge in [0.2, 0.25) is 0 Å². The van der Waals surface area contributed by atoms with Gasteiger partial charge in [0.15, 0.2) is 0 Å². The van der Waals surface area contributed by atoms with Crippen LogP contribution in [0.15, 0.2) is 0 Å². The number of rotatable bonds is 1. The van der Waals surface area contributed by atoms with E-state index in [1.807, 2.05) is 20.8 Å². The van der Waals surface area contributed by atoms with Crippen LogP contribution in [-0.2, 0) is 0 Å². The van der Waals surface area contributed by atoms with Crippen molar-refractivity contribution in [2.45, 2.75) is 60.1 Å². The average Bonchev–Trinajstić information content (AvgIpc) is 2.05. The quantitative estimate of drug-likeness (QED) is 0.659. The third-order valence-corrected chi connectivity index (χ3v) is 3.69. The fourth-order valence-electron chi connectivity index (χ4n) is 2.49. The maximum Gasteiger partial charge on any atom is 0.118 e. The molecule has 0 bridgehead atoms. The van der Waals surface area contributed by atoms with E-state index in [2.05, 4.69) is 25.7 Å². The zero-order chi connectivity index (χ0) is 12.6.